The van der Waals surface area contributed by atoms with E-state index in [0.29, 0.717) is 6.61 Å². The van der Waals surface area contributed by atoms with Crippen molar-refractivity contribution in [2.75, 3.05) is 6.61 Å². The molecule has 1 aromatic carbocycles. The number of carboxylic acid groups (broad SMARTS) is 1. The Bertz CT molecular complexity index is 365. The molecule has 0 saturated carbocycles. The molecule has 1 aromatic rings. The number of ether oxygens (including phenoxy) is 1. The lowest BCUT2D eigenvalue weighted by Gasteiger charge is -2.06. The van der Waals surface area contributed by atoms with E-state index in [9.17, 15) is 9.18 Å². The standard InChI is InChI=1S/C9H8ClFO3/c1-2-14-8-4-6(10)5(9(12)13)3-7(8)11/h3-4H,2H2,1H3,(H,12,13). The van der Waals surface area contributed by atoms with Gasteiger partial charge in [-0.25, -0.2) is 9.18 Å². The summed E-state index contributed by atoms with van der Waals surface area (Å²) in [5.74, 6) is -2.03. The Kier molecular flexibility index (Phi) is 3.30. The minimum Gasteiger partial charge on any atom is -0.491 e. The lowest BCUT2D eigenvalue weighted by Crippen LogP contribution is -2.01. The molecular formula is C9H8ClFO3. The van der Waals surface area contributed by atoms with Crippen LogP contribution < -0.4 is 4.74 Å². The average molecular weight is 219 g/mol. The monoisotopic (exact) mass is 218 g/mol. The summed E-state index contributed by atoms with van der Waals surface area (Å²) in [7, 11) is 0. The van der Waals surface area contributed by atoms with E-state index in [0.717, 1.165) is 12.1 Å². The number of rotatable bonds is 3. The third-order valence-corrected chi connectivity index (χ3v) is 1.86. The zero-order chi connectivity index (χ0) is 10.7. The maximum absolute atomic E-state index is 13.1. The molecule has 1 N–H and O–H groups in total. The number of aromatic carboxylic acids is 1. The van der Waals surface area contributed by atoms with Crippen LogP contribution in [0.4, 0.5) is 4.39 Å². The number of carbonyl (C=O) groups is 1. The number of benzene rings is 1. The van der Waals surface area contributed by atoms with Gasteiger partial charge in [-0.3, -0.25) is 0 Å². The fourth-order valence-corrected chi connectivity index (χ4v) is 1.19. The van der Waals surface area contributed by atoms with E-state index < -0.39 is 11.8 Å². The van der Waals surface area contributed by atoms with Crippen LogP contribution in [0.5, 0.6) is 5.75 Å². The Hall–Kier alpha value is -1.29. The van der Waals surface area contributed by atoms with Gasteiger partial charge in [0.05, 0.1) is 17.2 Å². The van der Waals surface area contributed by atoms with Crippen LogP contribution in [-0.2, 0) is 0 Å². The van der Waals surface area contributed by atoms with Crippen LogP contribution in [0.25, 0.3) is 0 Å². The SMILES string of the molecule is CCOc1cc(Cl)c(C(=O)O)cc1F. The molecule has 0 amide bonds. The number of hydrogen-bond acceptors (Lipinski definition) is 2. The minimum atomic E-state index is -1.27. The Morgan fingerprint density at radius 3 is 2.79 bits per heavy atom. The molecule has 3 nitrogen and oxygen atoms in total. The van der Waals surface area contributed by atoms with Crippen molar-refractivity contribution in [1.82, 2.24) is 0 Å². The van der Waals surface area contributed by atoms with Crippen LogP contribution in [0, 0.1) is 5.82 Å². The molecule has 0 spiro atoms. The molecule has 0 aromatic heterocycles. The summed E-state index contributed by atoms with van der Waals surface area (Å²) in [4.78, 5) is 10.6. The van der Waals surface area contributed by atoms with E-state index in [1.165, 1.54) is 0 Å². The zero-order valence-electron chi connectivity index (χ0n) is 7.38. The highest BCUT2D eigenvalue weighted by molar-refractivity contribution is 6.33. The number of hydrogen-bond donors (Lipinski definition) is 1. The fraction of sp³-hybridized carbons (Fsp3) is 0.222. The summed E-state index contributed by atoms with van der Waals surface area (Å²) in [5.41, 5.74) is -0.271. The molecule has 5 heteroatoms. The van der Waals surface area contributed by atoms with E-state index in [1.807, 2.05) is 0 Å². The quantitative estimate of drug-likeness (QED) is 0.848. The van der Waals surface area contributed by atoms with Crippen LogP contribution in [-0.4, -0.2) is 17.7 Å². The summed E-state index contributed by atoms with van der Waals surface area (Å²) in [6.45, 7) is 1.98. The second-order valence-electron chi connectivity index (χ2n) is 2.50. The first-order valence-corrected chi connectivity index (χ1v) is 4.29. The summed E-state index contributed by atoms with van der Waals surface area (Å²) in [6.07, 6.45) is 0. The zero-order valence-corrected chi connectivity index (χ0v) is 8.14. The maximum Gasteiger partial charge on any atom is 0.337 e. The third-order valence-electron chi connectivity index (χ3n) is 1.55. The third kappa shape index (κ3) is 2.14. The first kappa shape index (κ1) is 10.8. The highest BCUT2D eigenvalue weighted by Crippen LogP contribution is 2.26. The van der Waals surface area contributed by atoms with Gasteiger partial charge in [-0.1, -0.05) is 11.6 Å². The number of carboxylic acids is 1. The first-order valence-electron chi connectivity index (χ1n) is 3.91. The van der Waals surface area contributed by atoms with Crippen molar-refractivity contribution in [3.05, 3.63) is 28.5 Å². The molecular weight excluding hydrogens is 211 g/mol. The normalized spacial score (nSPS) is 9.93. The van der Waals surface area contributed by atoms with Gasteiger partial charge in [-0.05, 0) is 13.0 Å². The molecule has 14 heavy (non-hydrogen) atoms. The van der Waals surface area contributed by atoms with Gasteiger partial charge in [0.25, 0.3) is 0 Å². The molecule has 0 heterocycles. The highest BCUT2D eigenvalue weighted by Gasteiger charge is 2.14. The Balaban J connectivity index is 3.17. The molecule has 0 atom stereocenters. The summed E-state index contributed by atoms with van der Waals surface area (Å²) in [5, 5.41) is 8.58. The molecule has 0 unspecified atom stereocenters. The highest BCUT2D eigenvalue weighted by atomic mass is 35.5. The number of halogens is 2. The van der Waals surface area contributed by atoms with Gasteiger partial charge in [-0.2, -0.15) is 0 Å². The van der Waals surface area contributed by atoms with E-state index in [2.05, 4.69) is 0 Å². The van der Waals surface area contributed by atoms with Crippen molar-refractivity contribution < 1.29 is 19.0 Å². The van der Waals surface area contributed by atoms with Gasteiger partial charge in [0.1, 0.15) is 0 Å². The molecule has 1 rings (SSSR count). The Morgan fingerprint density at radius 2 is 2.29 bits per heavy atom. The van der Waals surface area contributed by atoms with Crippen LogP contribution in [0.15, 0.2) is 12.1 Å². The predicted octanol–water partition coefficient (Wildman–Crippen LogP) is 2.58. The predicted molar refractivity (Wildman–Crippen MR) is 49.5 cm³/mol. The topological polar surface area (TPSA) is 46.5 Å². The van der Waals surface area contributed by atoms with Crippen molar-refractivity contribution in [1.29, 1.82) is 0 Å². The van der Waals surface area contributed by atoms with Crippen molar-refractivity contribution in [2.24, 2.45) is 0 Å². The average Bonchev–Trinajstić information content (AvgIpc) is 2.10. The van der Waals surface area contributed by atoms with Crippen LogP contribution in [0.2, 0.25) is 5.02 Å². The van der Waals surface area contributed by atoms with Crippen molar-refractivity contribution in [3.8, 4) is 5.75 Å². The summed E-state index contributed by atoms with van der Waals surface area (Å²) in [6, 6.07) is 2.00. The molecule has 0 saturated heterocycles. The summed E-state index contributed by atoms with van der Waals surface area (Å²) < 4.78 is 18.0. The van der Waals surface area contributed by atoms with Gasteiger partial charge in [0.15, 0.2) is 11.6 Å². The molecule has 0 bridgehead atoms. The Labute approximate surface area is 85.1 Å². The van der Waals surface area contributed by atoms with Crippen molar-refractivity contribution >= 4 is 17.6 Å². The molecule has 0 aliphatic heterocycles. The van der Waals surface area contributed by atoms with Gasteiger partial charge in [0.2, 0.25) is 0 Å². The van der Waals surface area contributed by atoms with Crippen molar-refractivity contribution in [3.63, 3.8) is 0 Å². The first-order chi connectivity index (χ1) is 6.56. The maximum atomic E-state index is 13.1. The smallest absolute Gasteiger partial charge is 0.337 e. The van der Waals surface area contributed by atoms with Crippen LogP contribution in [0.1, 0.15) is 17.3 Å². The molecule has 0 fully saturated rings. The van der Waals surface area contributed by atoms with Crippen LogP contribution in [0.3, 0.4) is 0 Å². The van der Waals surface area contributed by atoms with E-state index in [-0.39, 0.29) is 16.3 Å². The lowest BCUT2D eigenvalue weighted by molar-refractivity contribution is 0.0696. The second-order valence-corrected chi connectivity index (χ2v) is 2.91. The Morgan fingerprint density at radius 1 is 1.64 bits per heavy atom. The lowest BCUT2D eigenvalue weighted by atomic mass is 10.2. The van der Waals surface area contributed by atoms with E-state index >= 15 is 0 Å². The van der Waals surface area contributed by atoms with Gasteiger partial charge in [0, 0.05) is 6.07 Å². The minimum absolute atomic E-state index is 0.0394. The van der Waals surface area contributed by atoms with E-state index in [1.54, 1.807) is 6.92 Å². The van der Waals surface area contributed by atoms with Gasteiger partial charge in [-0.15, -0.1) is 0 Å². The fourth-order valence-electron chi connectivity index (χ4n) is 0.959. The molecule has 0 radical (unpaired) electrons. The molecule has 0 aliphatic carbocycles. The van der Waals surface area contributed by atoms with Gasteiger partial charge < -0.3 is 9.84 Å². The molecule has 76 valence electrons. The molecule has 0 aliphatic rings. The summed E-state index contributed by atoms with van der Waals surface area (Å²) >= 11 is 5.60. The van der Waals surface area contributed by atoms with Crippen LogP contribution >= 0.6 is 11.6 Å². The largest absolute Gasteiger partial charge is 0.491 e. The second kappa shape index (κ2) is 4.28. The van der Waals surface area contributed by atoms with Crippen molar-refractivity contribution in [2.45, 2.75) is 6.92 Å². The van der Waals surface area contributed by atoms with E-state index in [4.69, 9.17) is 21.4 Å². The van der Waals surface area contributed by atoms with Gasteiger partial charge >= 0.3 is 5.97 Å².